The van der Waals surface area contributed by atoms with Crippen LogP contribution in [0, 0.1) is 0 Å². The first-order chi connectivity index (χ1) is 12.8. The highest BCUT2D eigenvalue weighted by Gasteiger charge is 2.31. The minimum absolute atomic E-state index is 0.0234. The van der Waals surface area contributed by atoms with Crippen LogP contribution in [0.5, 0.6) is 0 Å². The van der Waals surface area contributed by atoms with E-state index in [9.17, 15) is 5.11 Å². The average molecular weight is 367 g/mol. The third kappa shape index (κ3) is 12.1. The zero-order valence-corrected chi connectivity index (χ0v) is 17.5. The van der Waals surface area contributed by atoms with Crippen molar-refractivity contribution in [3.8, 4) is 0 Å². The molecule has 3 heteroatoms. The smallest absolute Gasteiger partial charge is 0.0710 e. The summed E-state index contributed by atoms with van der Waals surface area (Å²) in [5.41, 5.74) is 0.0234. The fourth-order valence-electron chi connectivity index (χ4n) is 4.01. The second-order valence-corrected chi connectivity index (χ2v) is 8.10. The average Bonchev–Trinajstić information content (AvgIpc) is 3.10. The van der Waals surface area contributed by atoms with Crippen LogP contribution in [-0.4, -0.2) is 30.5 Å². The highest BCUT2D eigenvalue weighted by atomic mass is 16.3. The molecule has 1 rings (SSSR count). The molecule has 154 valence electrons. The Morgan fingerprint density at radius 2 is 1.19 bits per heavy atom. The molecule has 0 aromatic rings. The first kappa shape index (κ1) is 23.7. The first-order valence-corrected chi connectivity index (χ1v) is 11.6. The summed E-state index contributed by atoms with van der Waals surface area (Å²) < 4.78 is 0. The molecule has 0 bridgehead atoms. The summed E-state index contributed by atoms with van der Waals surface area (Å²) in [6.45, 7) is 4.62. The lowest BCUT2D eigenvalue weighted by Crippen LogP contribution is -2.49. The lowest BCUT2D eigenvalue weighted by atomic mass is 9.98. The predicted octanol–water partition coefficient (Wildman–Crippen LogP) is 5.69. The minimum atomic E-state index is 0.0234. The Morgan fingerprint density at radius 1 is 0.692 bits per heavy atom. The van der Waals surface area contributed by atoms with Gasteiger partial charge in [-0.05, 0) is 32.1 Å². The van der Waals surface area contributed by atoms with Crippen LogP contribution in [-0.2, 0) is 0 Å². The molecular weight excluding hydrogens is 320 g/mol. The van der Waals surface area contributed by atoms with Crippen LogP contribution in [0.15, 0.2) is 12.2 Å². The van der Waals surface area contributed by atoms with Gasteiger partial charge in [0.1, 0.15) is 0 Å². The second-order valence-electron chi connectivity index (χ2n) is 8.10. The lowest BCUT2D eigenvalue weighted by molar-refractivity contribution is 0.195. The van der Waals surface area contributed by atoms with Gasteiger partial charge in [-0.15, -0.1) is 0 Å². The molecular formula is C23H46N2O. The maximum absolute atomic E-state index is 9.24. The van der Waals surface area contributed by atoms with E-state index in [0.717, 1.165) is 25.9 Å². The number of rotatable bonds is 18. The Balaban J connectivity index is 1.82. The molecule has 26 heavy (non-hydrogen) atoms. The van der Waals surface area contributed by atoms with E-state index >= 15 is 0 Å². The molecule has 0 unspecified atom stereocenters. The minimum Gasteiger partial charge on any atom is -0.396 e. The highest BCUT2D eigenvalue weighted by molar-refractivity contribution is 4.90. The Labute approximate surface area is 163 Å². The molecule has 0 aromatic heterocycles. The third-order valence-electron chi connectivity index (χ3n) is 5.71. The number of unbranched alkanes of at least 4 members (excludes halogenated alkanes) is 12. The van der Waals surface area contributed by atoms with Gasteiger partial charge in [0.05, 0.1) is 5.66 Å². The fraction of sp³-hybridized carbons (Fsp3) is 0.913. The van der Waals surface area contributed by atoms with Crippen LogP contribution >= 0.6 is 0 Å². The van der Waals surface area contributed by atoms with Gasteiger partial charge in [-0.1, -0.05) is 83.3 Å². The molecule has 1 saturated heterocycles. The summed E-state index contributed by atoms with van der Waals surface area (Å²) in [7, 11) is 0. The van der Waals surface area contributed by atoms with Gasteiger partial charge in [0, 0.05) is 26.1 Å². The van der Waals surface area contributed by atoms with Gasteiger partial charge < -0.3 is 5.11 Å². The summed E-state index contributed by atoms with van der Waals surface area (Å²) in [5, 5.41) is 16.3. The number of aliphatic hydroxyl groups is 1. The van der Waals surface area contributed by atoms with Crippen molar-refractivity contribution < 1.29 is 5.11 Å². The quantitative estimate of drug-likeness (QED) is 0.216. The van der Waals surface area contributed by atoms with E-state index in [2.05, 4.69) is 29.7 Å². The molecule has 1 aliphatic rings. The van der Waals surface area contributed by atoms with E-state index in [0.29, 0.717) is 0 Å². The van der Waals surface area contributed by atoms with Crippen molar-refractivity contribution in [3.63, 3.8) is 0 Å². The van der Waals surface area contributed by atoms with Crippen LogP contribution in [0.4, 0.5) is 0 Å². The van der Waals surface area contributed by atoms with Crippen LogP contribution < -0.4 is 10.6 Å². The van der Waals surface area contributed by atoms with Gasteiger partial charge in [0.2, 0.25) is 0 Å². The molecule has 0 saturated carbocycles. The molecule has 1 aliphatic heterocycles. The number of allylic oxidation sites excluding steroid dienone is 2. The number of aliphatic hydroxyl groups excluding tert-OH is 1. The number of hydrogen-bond acceptors (Lipinski definition) is 3. The molecule has 0 aromatic carbocycles. The number of nitrogens with one attached hydrogen (secondary N) is 2. The van der Waals surface area contributed by atoms with E-state index in [1.807, 2.05) is 0 Å². The van der Waals surface area contributed by atoms with Crippen LogP contribution in [0.25, 0.3) is 0 Å². The van der Waals surface area contributed by atoms with Crippen molar-refractivity contribution in [2.45, 2.75) is 115 Å². The SMILES string of the molecule is CCCCCCCCC=CCCCCCCCCC1(CCO)NCCN1. The summed E-state index contributed by atoms with van der Waals surface area (Å²) in [6, 6.07) is 0. The van der Waals surface area contributed by atoms with Gasteiger partial charge in [-0.2, -0.15) is 0 Å². The van der Waals surface area contributed by atoms with Crippen molar-refractivity contribution in [2.24, 2.45) is 0 Å². The van der Waals surface area contributed by atoms with Gasteiger partial charge in [-0.3, -0.25) is 10.6 Å². The van der Waals surface area contributed by atoms with E-state index in [1.54, 1.807) is 0 Å². The van der Waals surface area contributed by atoms with E-state index in [-0.39, 0.29) is 12.3 Å². The zero-order valence-electron chi connectivity index (χ0n) is 17.5. The standard InChI is InChI=1S/C23H46N2O/c1-2-3-4-5-6-7-8-9-10-11-12-13-14-15-16-17-18-23(19-22-26)24-20-21-25-23/h9-10,24-26H,2-8,11-22H2,1H3. The summed E-state index contributed by atoms with van der Waals surface area (Å²) >= 11 is 0. The normalized spacial score (nSPS) is 16.7. The molecule has 0 aliphatic carbocycles. The zero-order chi connectivity index (χ0) is 18.8. The molecule has 0 atom stereocenters. The fourth-order valence-corrected chi connectivity index (χ4v) is 4.01. The van der Waals surface area contributed by atoms with Crippen molar-refractivity contribution in [3.05, 3.63) is 12.2 Å². The van der Waals surface area contributed by atoms with Gasteiger partial charge in [0.15, 0.2) is 0 Å². The molecule has 0 spiro atoms. The van der Waals surface area contributed by atoms with Crippen molar-refractivity contribution in [1.82, 2.24) is 10.6 Å². The number of hydrogen-bond donors (Lipinski definition) is 3. The Kier molecular flexibility index (Phi) is 15.3. The van der Waals surface area contributed by atoms with Crippen molar-refractivity contribution >= 4 is 0 Å². The summed E-state index contributed by atoms with van der Waals surface area (Å²) in [5.74, 6) is 0. The van der Waals surface area contributed by atoms with E-state index in [4.69, 9.17) is 0 Å². The molecule has 3 N–H and O–H groups in total. The Bertz CT molecular complexity index is 324. The lowest BCUT2D eigenvalue weighted by Gasteiger charge is -2.29. The second kappa shape index (κ2) is 16.8. The predicted molar refractivity (Wildman–Crippen MR) is 115 cm³/mol. The summed E-state index contributed by atoms with van der Waals surface area (Å²) in [4.78, 5) is 0. The topological polar surface area (TPSA) is 44.3 Å². The Morgan fingerprint density at radius 3 is 1.73 bits per heavy atom. The van der Waals surface area contributed by atoms with Gasteiger partial charge in [0.25, 0.3) is 0 Å². The van der Waals surface area contributed by atoms with Crippen LogP contribution in [0.3, 0.4) is 0 Å². The first-order valence-electron chi connectivity index (χ1n) is 11.6. The highest BCUT2D eigenvalue weighted by Crippen LogP contribution is 2.19. The van der Waals surface area contributed by atoms with Gasteiger partial charge >= 0.3 is 0 Å². The molecule has 1 heterocycles. The molecule has 3 nitrogen and oxygen atoms in total. The van der Waals surface area contributed by atoms with Crippen molar-refractivity contribution in [1.29, 1.82) is 0 Å². The van der Waals surface area contributed by atoms with Gasteiger partial charge in [-0.25, -0.2) is 0 Å². The summed E-state index contributed by atoms with van der Waals surface area (Å²) in [6.07, 6.45) is 25.8. The molecule has 0 amide bonds. The maximum Gasteiger partial charge on any atom is 0.0710 e. The van der Waals surface area contributed by atoms with Crippen LogP contribution in [0.1, 0.15) is 110 Å². The van der Waals surface area contributed by atoms with E-state index < -0.39 is 0 Å². The third-order valence-corrected chi connectivity index (χ3v) is 5.71. The largest absolute Gasteiger partial charge is 0.396 e. The Hall–Kier alpha value is -0.380. The van der Waals surface area contributed by atoms with E-state index in [1.165, 1.54) is 89.9 Å². The van der Waals surface area contributed by atoms with Crippen LogP contribution in [0.2, 0.25) is 0 Å². The molecule has 0 radical (unpaired) electrons. The van der Waals surface area contributed by atoms with Crippen molar-refractivity contribution in [2.75, 3.05) is 19.7 Å². The maximum atomic E-state index is 9.24. The molecule has 1 fully saturated rings. The monoisotopic (exact) mass is 366 g/mol.